The molecule has 0 unspecified atom stereocenters. The van der Waals surface area contributed by atoms with Gasteiger partial charge in [-0.1, -0.05) is 12.1 Å². The monoisotopic (exact) mass is 394 g/mol. The van der Waals surface area contributed by atoms with Gasteiger partial charge in [0, 0.05) is 50.5 Å². The van der Waals surface area contributed by atoms with Crippen molar-refractivity contribution in [2.24, 2.45) is 5.73 Å². The third-order valence-corrected chi connectivity index (χ3v) is 7.31. The van der Waals surface area contributed by atoms with Crippen molar-refractivity contribution in [2.75, 3.05) is 43.4 Å². The van der Waals surface area contributed by atoms with E-state index < -0.39 is 15.8 Å². The molecule has 1 aromatic rings. The van der Waals surface area contributed by atoms with Crippen LogP contribution < -0.4 is 10.6 Å². The van der Waals surface area contributed by atoms with Crippen LogP contribution in [-0.2, 0) is 14.8 Å². The van der Waals surface area contributed by atoms with Gasteiger partial charge in [-0.2, -0.15) is 4.31 Å². The zero-order valence-electron chi connectivity index (χ0n) is 16.2. The number of rotatable bonds is 4. The van der Waals surface area contributed by atoms with Crippen LogP contribution in [0, 0.1) is 6.92 Å². The van der Waals surface area contributed by atoms with Crippen LogP contribution in [0.1, 0.15) is 25.3 Å². The number of amides is 1. The molecular formula is C19H30N4O3S. The molecule has 2 aliphatic rings. The first-order chi connectivity index (χ1) is 12.8. The smallest absolute Gasteiger partial charge is 0.239 e. The Morgan fingerprint density at radius 3 is 2.52 bits per heavy atom. The maximum atomic E-state index is 12.7. The first-order valence-electron chi connectivity index (χ1n) is 9.61. The number of piperidine rings is 1. The number of nitrogens with two attached hydrogens (primary N) is 1. The predicted molar refractivity (Wildman–Crippen MR) is 107 cm³/mol. The van der Waals surface area contributed by atoms with Gasteiger partial charge in [0.05, 0.1) is 0 Å². The van der Waals surface area contributed by atoms with Crippen LogP contribution in [0.15, 0.2) is 24.3 Å². The number of piperazine rings is 1. The minimum atomic E-state index is -3.60. The third-order valence-electron chi connectivity index (χ3n) is 5.54. The number of anilines is 1. The van der Waals surface area contributed by atoms with Gasteiger partial charge in [-0.15, -0.1) is 0 Å². The highest BCUT2D eigenvalue weighted by molar-refractivity contribution is 7.89. The van der Waals surface area contributed by atoms with Crippen LogP contribution in [0.3, 0.4) is 0 Å². The highest BCUT2D eigenvalue weighted by atomic mass is 32.2. The second-order valence-corrected chi connectivity index (χ2v) is 9.67. The summed E-state index contributed by atoms with van der Waals surface area (Å²) in [7, 11) is -3.60. The summed E-state index contributed by atoms with van der Waals surface area (Å²) in [6, 6.07) is 8.30. The van der Waals surface area contributed by atoms with Crippen LogP contribution >= 0.6 is 0 Å². The highest BCUT2D eigenvalue weighted by Crippen LogP contribution is 2.20. The van der Waals surface area contributed by atoms with Crippen LogP contribution in [0.4, 0.5) is 5.69 Å². The maximum Gasteiger partial charge on any atom is 0.239 e. The van der Waals surface area contributed by atoms with Crippen molar-refractivity contribution in [3.05, 3.63) is 29.8 Å². The van der Waals surface area contributed by atoms with Gasteiger partial charge in [-0.3, -0.25) is 4.79 Å². The number of hydrogen-bond donors (Lipinski definition) is 1. The molecule has 7 nitrogen and oxygen atoms in total. The van der Waals surface area contributed by atoms with Gasteiger partial charge in [-0.05, 0) is 44.4 Å². The van der Waals surface area contributed by atoms with Gasteiger partial charge < -0.3 is 15.5 Å². The van der Waals surface area contributed by atoms with Gasteiger partial charge in [0.25, 0.3) is 0 Å². The van der Waals surface area contributed by atoms with Crippen molar-refractivity contribution < 1.29 is 13.2 Å². The van der Waals surface area contributed by atoms with E-state index in [-0.39, 0.29) is 18.0 Å². The molecule has 0 aromatic heterocycles. The fourth-order valence-corrected chi connectivity index (χ4v) is 5.34. The minimum Gasteiger partial charge on any atom is -0.369 e. The van der Waals surface area contributed by atoms with E-state index >= 15 is 0 Å². The fraction of sp³-hybridized carbons (Fsp3) is 0.632. The predicted octanol–water partition coefficient (Wildman–Crippen LogP) is 0.785. The number of nitrogens with zero attached hydrogens (tertiary/aromatic N) is 3. The number of sulfonamides is 1. The second-order valence-electron chi connectivity index (χ2n) is 7.70. The van der Waals surface area contributed by atoms with Gasteiger partial charge in [-0.25, -0.2) is 8.42 Å². The van der Waals surface area contributed by atoms with Crippen LogP contribution in [0.2, 0.25) is 0 Å². The maximum absolute atomic E-state index is 12.7. The first kappa shape index (κ1) is 20.1. The molecule has 0 aliphatic carbocycles. The van der Waals surface area contributed by atoms with Gasteiger partial charge in [0.2, 0.25) is 15.9 Å². The lowest BCUT2D eigenvalue weighted by Crippen LogP contribution is -2.53. The van der Waals surface area contributed by atoms with E-state index in [9.17, 15) is 13.2 Å². The number of hydrogen-bond acceptors (Lipinski definition) is 5. The van der Waals surface area contributed by atoms with Crippen molar-refractivity contribution in [2.45, 2.75) is 38.8 Å². The summed E-state index contributed by atoms with van der Waals surface area (Å²) in [5.41, 5.74) is 8.23. The lowest BCUT2D eigenvalue weighted by Gasteiger charge is -2.38. The van der Waals surface area contributed by atoms with E-state index in [0.29, 0.717) is 32.7 Å². The van der Waals surface area contributed by atoms with Crippen molar-refractivity contribution in [1.82, 2.24) is 9.21 Å². The van der Waals surface area contributed by atoms with Gasteiger partial charge in [0.15, 0.2) is 0 Å². The topological polar surface area (TPSA) is 87.0 Å². The number of carbonyl (C=O) groups excluding carboxylic acids is 1. The molecule has 2 N–H and O–H groups in total. The van der Waals surface area contributed by atoms with Crippen LogP contribution in [0.5, 0.6) is 0 Å². The molecular weight excluding hydrogens is 364 g/mol. The van der Waals surface area contributed by atoms with Crippen molar-refractivity contribution >= 4 is 21.6 Å². The van der Waals surface area contributed by atoms with Crippen molar-refractivity contribution in [1.29, 1.82) is 0 Å². The molecule has 3 rings (SSSR count). The summed E-state index contributed by atoms with van der Waals surface area (Å²) in [6.45, 7) is 6.60. The molecule has 1 aromatic carbocycles. The van der Waals surface area contributed by atoms with Crippen molar-refractivity contribution in [3.63, 3.8) is 0 Å². The molecule has 150 valence electrons. The highest BCUT2D eigenvalue weighted by Gasteiger charge is 2.33. The van der Waals surface area contributed by atoms with E-state index in [4.69, 9.17) is 5.73 Å². The summed E-state index contributed by atoms with van der Waals surface area (Å²) < 4.78 is 26.9. The Balaban J connectivity index is 1.57. The van der Waals surface area contributed by atoms with E-state index in [1.165, 1.54) is 9.87 Å². The largest absolute Gasteiger partial charge is 0.369 e. The van der Waals surface area contributed by atoms with E-state index in [1.807, 2.05) is 32.0 Å². The van der Waals surface area contributed by atoms with Crippen LogP contribution in [-0.4, -0.2) is 74.1 Å². The van der Waals surface area contributed by atoms with E-state index in [2.05, 4.69) is 11.0 Å². The normalized spacial score (nSPS) is 24.9. The number of aryl methyl sites for hydroxylation is 1. The zero-order valence-corrected chi connectivity index (χ0v) is 17.0. The molecule has 2 fully saturated rings. The van der Waals surface area contributed by atoms with Crippen molar-refractivity contribution in [3.8, 4) is 0 Å². The number of likely N-dealkylation sites (tertiary alicyclic amines) is 1. The summed E-state index contributed by atoms with van der Waals surface area (Å²) in [5.74, 6) is -0.757. The molecule has 27 heavy (non-hydrogen) atoms. The van der Waals surface area contributed by atoms with Gasteiger partial charge in [0.1, 0.15) is 5.75 Å². The van der Waals surface area contributed by atoms with Gasteiger partial charge >= 0.3 is 0 Å². The number of carbonyl (C=O) groups is 1. The molecule has 0 bridgehead atoms. The molecule has 1 amide bonds. The zero-order chi connectivity index (χ0) is 19.6. The lowest BCUT2D eigenvalue weighted by atomic mass is 9.99. The summed E-state index contributed by atoms with van der Waals surface area (Å²) in [5, 5.41) is 0. The summed E-state index contributed by atoms with van der Waals surface area (Å²) in [6.07, 6.45) is 1.45. The molecule has 2 saturated heterocycles. The summed E-state index contributed by atoms with van der Waals surface area (Å²) in [4.78, 5) is 16.4. The minimum absolute atomic E-state index is 0.00498. The molecule has 8 heteroatoms. The Bertz CT molecular complexity index is 775. The Morgan fingerprint density at radius 2 is 1.89 bits per heavy atom. The molecule has 2 atom stereocenters. The standard InChI is InChI=1S/C19H30N4O3S/c1-15-4-3-5-18(12-15)21-8-10-22(11-9-21)27(25,26)14-19(24)23-7-6-17(20)13-16(23)2/h3-5,12,16-17H,6-11,13-14,20H2,1-2H3/t16-,17-/m1/s1. The Morgan fingerprint density at radius 1 is 1.19 bits per heavy atom. The second kappa shape index (κ2) is 8.16. The Hall–Kier alpha value is -1.64. The molecule has 0 saturated carbocycles. The van der Waals surface area contributed by atoms with E-state index in [1.54, 1.807) is 4.90 Å². The SMILES string of the molecule is Cc1cccc(N2CCN(S(=O)(=O)CC(=O)N3CC[C@@H](N)C[C@H]3C)CC2)c1. The molecule has 0 radical (unpaired) electrons. The molecule has 2 heterocycles. The quantitative estimate of drug-likeness (QED) is 0.816. The Kier molecular flexibility index (Phi) is 6.08. The van der Waals surface area contributed by atoms with Crippen LogP contribution in [0.25, 0.3) is 0 Å². The first-order valence-corrected chi connectivity index (χ1v) is 11.2. The number of benzene rings is 1. The lowest BCUT2D eigenvalue weighted by molar-refractivity contribution is -0.131. The third kappa shape index (κ3) is 4.80. The average molecular weight is 395 g/mol. The fourth-order valence-electron chi connectivity index (χ4n) is 3.96. The molecule has 2 aliphatic heterocycles. The molecule has 0 spiro atoms. The summed E-state index contributed by atoms with van der Waals surface area (Å²) >= 11 is 0. The average Bonchev–Trinajstić information content (AvgIpc) is 2.61. The van der Waals surface area contributed by atoms with E-state index in [0.717, 1.165) is 18.5 Å². The Labute approximate surface area is 162 Å².